The molecule has 0 saturated heterocycles. The Morgan fingerprint density at radius 2 is 1.69 bits per heavy atom. The molecule has 0 aromatic heterocycles. The largest absolute Gasteiger partial charge is 0.0876 e. The number of benzene rings is 2. The molecule has 0 amide bonds. The van der Waals surface area contributed by atoms with E-state index in [-0.39, 0.29) is 0 Å². The van der Waals surface area contributed by atoms with E-state index in [2.05, 4.69) is 15.9 Å². The van der Waals surface area contributed by atoms with Gasteiger partial charge in [0.25, 0.3) is 0 Å². The minimum Gasteiger partial charge on any atom is -0.0876 e. The maximum atomic E-state index is 6.02. The van der Waals surface area contributed by atoms with E-state index >= 15 is 0 Å². The lowest BCUT2D eigenvalue weighted by atomic mass is 10.0. The van der Waals surface area contributed by atoms with Crippen molar-refractivity contribution in [3.8, 4) is 11.1 Å². The molecule has 0 radical (unpaired) electrons. The minimum absolute atomic E-state index is 0.734. The zero-order valence-corrected chi connectivity index (χ0v) is 11.5. The van der Waals surface area contributed by atoms with E-state index in [4.69, 9.17) is 23.2 Å². The van der Waals surface area contributed by atoms with Crippen LogP contribution >= 0.6 is 39.1 Å². The van der Waals surface area contributed by atoms with Gasteiger partial charge in [-0.1, -0.05) is 57.3 Å². The SMILES string of the molecule is Clc1cccc(-c2cc(Cl)ccc2CBr)c1. The van der Waals surface area contributed by atoms with Gasteiger partial charge in [-0.25, -0.2) is 0 Å². The smallest absolute Gasteiger partial charge is 0.0412 e. The van der Waals surface area contributed by atoms with E-state index in [1.807, 2.05) is 42.5 Å². The van der Waals surface area contributed by atoms with Crippen molar-refractivity contribution >= 4 is 39.1 Å². The summed E-state index contributed by atoms with van der Waals surface area (Å²) < 4.78 is 0. The zero-order chi connectivity index (χ0) is 11.5. The lowest BCUT2D eigenvalue weighted by Crippen LogP contribution is -1.86. The number of alkyl halides is 1. The molecule has 2 aromatic rings. The summed E-state index contributed by atoms with van der Waals surface area (Å²) in [6.07, 6.45) is 0. The van der Waals surface area contributed by atoms with Crippen LogP contribution in [0.3, 0.4) is 0 Å². The second-order valence-electron chi connectivity index (χ2n) is 3.45. The fourth-order valence-corrected chi connectivity index (χ4v) is 2.44. The highest BCUT2D eigenvalue weighted by molar-refractivity contribution is 9.08. The van der Waals surface area contributed by atoms with Gasteiger partial charge in [0.1, 0.15) is 0 Å². The normalized spacial score (nSPS) is 10.4. The first kappa shape index (κ1) is 12.0. The first-order valence-corrected chi connectivity index (χ1v) is 6.69. The summed E-state index contributed by atoms with van der Waals surface area (Å²) in [6.45, 7) is 0. The predicted molar refractivity (Wildman–Crippen MR) is 74.5 cm³/mol. The van der Waals surface area contributed by atoms with Crippen LogP contribution in [0.25, 0.3) is 11.1 Å². The molecule has 0 N–H and O–H groups in total. The molecule has 0 heterocycles. The fourth-order valence-electron chi connectivity index (χ4n) is 1.59. The van der Waals surface area contributed by atoms with Crippen LogP contribution in [0.2, 0.25) is 10.0 Å². The quantitative estimate of drug-likeness (QED) is 0.637. The van der Waals surface area contributed by atoms with Crippen LogP contribution in [0.4, 0.5) is 0 Å². The Labute approximate surface area is 113 Å². The number of halogens is 3. The molecule has 82 valence electrons. The molecule has 0 aliphatic rings. The molecule has 16 heavy (non-hydrogen) atoms. The average Bonchev–Trinajstić information content (AvgIpc) is 2.29. The van der Waals surface area contributed by atoms with Crippen molar-refractivity contribution in [2.24, 2.45) is 0 Å². The van der Waals surface area contributed by atoms with E-state index < -0.39 is 0 Å². The van der Waals surface area contributed by atoms with Gasteiger partial charge in [-0.3, -0.25) is 0 Å². The van der Waals surface area contributed by atoms with Crippen molar-refractivity contribution in [2.75, 3.05) is 0 Å². The number of rotatable bonds is 2. The highest BCUT2D eigenvalue weighted by atomic mass is 79.9. The van der Waals surface area contributed by atoms with Crippen molar-refractivity contribution in [2.45, 2.75) is 5.33 Å². The van der Waals surface area contributed by atoms with Gasteiger partial charge in [0.2, 0.25) is 0 Å². The Bertz CT molecular complexity index is 509. The maximum Gasteiger partial charge on any atom is 0.0412 e. The highest BCUT2D eigenvalue weighted by Crippen LogP contribution is 2.29. The first-order valence-electron chi connectivity index (χ1n) is 4.81. The van der Waals surface area contributed by atoms with Crippen molar-refractivity contribution in [3.63, 3.8) is 0 Å². The summed E-state index contributed by atoms with van der Waals surface area (Å²) >= 11 is 15.5. The Balaban J connectivity index is 2.58. The van der Waals surface area contributed by atoms with Gasteiger partial charge in [0.05, 0.1) is 0 Å². The molecule has 0 nitrogen and oxygen atoms in total. The van der Waals surface area contributed by atoms with Crippen LogP contribution < -0.4 is 0 Å². The van der Waals surface area contributed by atoms with Crippen molar-refractivity contribution < 1.29 is 0 Å². The van der Waals surface area contributed by atoms with Crippen LogP contribution in [0.1, 0.15) is 5.56 Å². The van der Waals surface area contributed by atoms with Gasteiger partial charge in [-0.05, 0) is 41.0 Å². The monoisotopic (exact) mass is 314 g/mol. The topological polar surface area (TPSA) is 0 Å². The third kappa shape index (κ3) is 2.60. The average molecular weight is 316 g/mol. The molecule has 0 fully saturated rings. The minimum atomic E-state index is 0.734. The summed E-state index contributed by atoms with van der Waals surface area (Å²) in [6, 6.07) is 13.7. The Hall–Kier alpha value is -0.500. The second-order valence-corrected chi connectivity index (χ2v) is 4.88. The highest BCUT2D eigenvalue weighted by Gasteiger charge is 2.05. The van der Waals surface area contributed by atoms with Crippen LogP contribution in [0, 0.1) is 0 Å². The maximum absolute atomic E-state index is 6.02. The molecule has 0 aliphatic carbocycles. The molecule has 0 unspecified atom stereocenters. The predicted octanol–water partition coefficient (Wildman–Crippen LogP) is 5.56. The second kappa shape index (κ2) is 5.22. The standard InChI is InChI=1S/C13H9BrCl2/c14-8-10-4-5-12(16)7-13(10)9-2-1-3-11(15)6-9/h1-7H,8H2. The van der Waals surface area contributed by atoms with Crippen molar-refractivity contribution in [1.29, 1.82) is 0 Å². The summed E-state index contributed by atoms with van der Waals surface area (Å²) in [4.78, 5) is 0. The molecule has 2 rings (SSSR count). The number of hydrogen-bond acceptors (Lipinski definition) is 0. The summed E-state index contributed by atoms with van der Waals surface area (Å²) in [5.74, 6) is 0. The van der Waals surface area contributed by atoms with Crippen LogP contribution in [-0.4, -0.2) is 0 Å². The molecular formula is C13H9BrCl2. The van der Waals surface area contributed by atoms with E-state index in [0.717, 1.165) is 26.5 Å². The Kier molecular flexibility index (Phi) is 3.91. The molecule has 0 spiro atoms. The van der Waals surface area contributed by atoms with Crippen LogP contribution in [0.5, 0.6) is 0 Å². The van der Waals surface area contributed by atoms with Crippen molar-refractivity contribution in [1.82, 2.24) is 0 Å². The molecule has 3 heteroatoms. The molecule has 0 bridgehead atoms. The van der Waals surface area contributed by atoms with E-state index in [9.17, 15) is 0 Å². The summed E-state index contributed by atoms with van der Waals surface area (Å²) in [7, 11) is 0. The molecule has 0 aliphatic heterocycles. The summed E-state index contributed by atoms with van der Waals surface area (Å²) in [5.41, 5.74) is 3.41. The van der Waals surface area contributed by atoms with Crippen LogP contribution in [-0.2, 0) is 5.33 Å². The van der Waals surface area contributed by atoms with Gasteiger partial charge in [0, 0.05) is 15.4 Å². The fraction of sp³-hybridized carbons (Fsp3) is 0.0769. The molecular weight excluding hydrogens is 307 g/mol. The Morgan fingerprint density at radius 3 is 2.38 bits per heavy atom. The lowest BCUT2D eigenvalue weighted by molar-refractivity contribution is 1.43. The zero-order valence-electron chi connectivity index (χ0n) is 8.38. The third-order valence-corrected chi connectivity index (χ3v) is 3.43. The van der Waals surface area contributed by atoms with Crippen LogP contribution in [0.15, 0.2) is 42.5 Å². The van der Waals surface area contributed by atoms with Gasteiger partial charge in [-0.2, -0.15) is 0 Å². The Morgan fingerprint density at radius 1 is 0.938 bits per heavy atom. The van der Waals surface area contributed by atoms with E-state index in [0.29, 0.717) is 0 Å². The molecule has 0 atom stereocenters. The van der Waals surface area contributed by atoms with Gasteiger partial charge < -0.3 is 0 Å². The van der Waals surface area contributed by atoms with Gasteiger partial charge >= 0.3 is 0 Å². The van der Waals surface area contributed by atoms with E-state index in [1.165, 1.54) is 5.56 Å². The third-order valence-electron chi connectivity index (χ3n) is 2.35. The molecule has 0 saturated carbocycles. The van der Waals surface area contributed by atoms with Gasteiger partial charge in [-0.15, -0.1) is 0 Å². The lowest BCUT2D eigenvalue weighted by Gasteiger charge is -2.08. The van der Waals surface area contributed by atoms with Crippen molar-refractivity contribution in [3.05, 3.63) is 58.1 Å². The van der Waals surface area contributed by atoms with E-state index in [1.54, 1.807) is 0 Å². The van der Waals surface area contributed by atoms with Gasteiger partial charge in [0.15, 0.2) is 0 Å². The summed E-state index contributed by atoms with van der Waals surface area (Å²) in [5, 5.41) is 2.27. The first-order chi connectivity index (χ1) is 7.70. The molecule has 2 aromatic carbocycles. The number of hydrogen-bond donors (Lipinski definition) is 0.